The molecule has 0 unspecified atom stereocenters. The minimum absolute atomic E-state index is 0.161. The summed E-state index contributed by atoms with van der Waals surface area (Å²) in [6, 6.07) is 3.43. The van der Waals surface area contributed by atoms with Gasteiger partial charge in [-0.3, -0.25) is 4.79 Å². The molecule has 2 heterocycles. The van der Waals surface area contributed by atoms with Gasteiger partial charge in [-0.05, 0) is 25.0 Å². The number of halogens is 2. The van der Waals surface area contributed by atoms with Gasteiger partial charge in [-0.1, -0.05) is 23.2 Å². The number of hydrogen-bond acceptors (Lipinski definition) is 3. The molecule has 0 bridgehead atoms. The predicted molar refractivity (Wildman–Crippen MR) is 84.6 cm³/mol. The number of nitrogens with two attached hydrogens (primary N) is 1. The van der Waals surface area contributed by atoms with E-state index in [4.69, 9.17) is 28.9 Å². The zero-order valence-corrected chi connectivity index (χ0v) is 13.0. The third-order valence-corrected chi connectivity index (χ3v) is 4.55. The Morgan fingerprint density at radius 3 is 2.62 bits per heavy atom. The number of amides is 1. The Morgan fingerprint density at radius 2 is 1.90 bits per heavy atom. The number of imidazole rings is 1. The number of nitrogen functional groups attached to an aromatic ring is 1. The van der Waals surface area contributed by atoms with Crippen LogP contribution in [0.1, 0.15) is 19.3 Å². The second-order valence-corrected chi connectivity index (χ2v) is 6.03. The highest BCUT2D eigenvalue weighted by Gasteiger charge is 2.18. The molecule has 1 fully saturated rings. The number of rotatable bonds is 3. The van der Waals surface area contributed by atoms with Crippen LogP contribution < -0.4 is 5.73 Å². The summed E-state index contributed by atoms with van der Waals surface area (Å²) in [5, 5.41) is 0.901. The van der Waals surface area contributed by atoms with Crippen LogP contribution in [0.25, 0.3) is 11.0 Å². The van der Waals surface area contributed by atoms with Gasteiger partial charge < -0.3 is 15.2 Å². The second kappa shape index (κ2) is 5.73. The monoisotopic (exact) mass is 326 g/mol. The number of benzene rings is 1. The fraction of sp³-hybridized carbons (Fsp3) is 0.429. The molecular weight excluding hydrogens is 311 g/mol. The van der Waals surface area contributed by atoms with Crippen LogP contribution in [-0.2, 0) is 11.3 Å². The molecule has 0 radical (unpaired) electrons. The molecule has 1 aromatic heterocycles. The number of carbonyl (C=O) groups excluding carboxylic acids is 1. The SMILES string of the molecule is Nc1nc2cc(Cl)c(Cl)cc2n1CCC(=O)N1CCCC1. The van der Waals surface area contributed by atoms with E-state index in [-0.39, 0.29) is 5.91 Å². The molecule has 1 amide bonds. The summed E-state index contributed by atoms with van der Waals surface area (Å²) in [6.07, 6.45) is 2.60. The number of hydrogen-bond donors (Lipinski definition) is 1. The highest BCUT2D eigenvalue weighted by molar-refractivity contribution is 6.42. The number of aromatic nitrogens is 2. The summed E-state index contributed by atoms with van der Waals surface area (Å²) in [5.74, 6) is 0.534. The number of anilines is 1. The summed E-state index contributed by atoms with van der Waals surface area (Å²) in [6.45, 7) is 2.22. The van der Waals surface area contributed by atoms with E-state index >= 15 is 0 Å². The van der Waals surface area contributed by atoms with Gasteiger partial charge in [0.25, 0.3) is 0 Å². The van der Waals surface area contributed by atoms with E-state index in [1.165, 1.54) is 0 Å². The van der Waals surface area contributed by atoms with Crippen LogP contribution in [0.5, 0.6) is 0 Å². The Morgan fingerprint density at radius 1 is 1.24 bits per heavy atom. The van der Waals surface area contributed by atoms with Crippen molar-refractivity contribution in [1.29, 1.82) is 0 Å². The van der Waals surface area contributed by atoms with Crippen LogP contribution in [-0.4, -0.2) is 33.4 Å². The maximum Gasteiger partial charge on any atom is 0.224 e. The lowest BCUT2D eigenvalue weighted by Crippen LogP contribution is -2.28. The average Bonchev–Trinajstić information content (AvgIpc) is 3.06. The van der Waals surface area contributed by atoms with E-state index < -0.39 is 0 Å². The van der Waals surface area contributed by atoms with Crippen molar-refractivity contribution in [1.82, 2.24) is 14.5 Å². The standard InChI is InChI=1S/C14H16Cl2N4O/c15-9-7-11-12(8-10(9)16)20(14(17)18-11)6-3-13(21)19-4-1-2-5-19/h7-8H,1-6H2,(H2,17,18). The van der Waals surface area contributed by atoms with E-state index in [1.807, 2.05) is 9.47 Å². The van der Waals surface area contributed by atoms with Gasteiger partial charge >= 0.3 is 0 Å². The normalized spacial score (nSPS) is 15.0. The molecule has 2 N–H and O–H groups in total. The van der Waals surface area contributed by atoms with Crippen LogP contribution in [0.2, 0.25) is 10.0 Å². The molecular formula is C14H16Cl2N4O. The van der Waals surface area contributed by atoms with Gasteiger partial charge in [0.2, 0.25) is 11.9 Å². The van der Waals surface area contributed by atoms with Gasteiger partial charge in [-0.2, -0.15) is 0 Å². The third kappa shape index (κ3) is 2.80. The molecule has 2 aromatic rings. The van der Waals surface area contributed by atoms with Gasteiger partial charge in [0.05, 0.1) is 21.1 Å². The van der Waals surface area contributed by atoms with Crippen LogP contribution in [0.15, 0.2) is 12.1 Å². The van der Waals surface area contributed by atoms with Crippen LogP contribution in [0, 0.1) is 0 Å². The first-order valence-corrected chi connectivity index (χ1v) is 7.70. The van der Waals surface area contributed by atoms with Crippen molar-refractivity contribution in [3.8, 4) is 0 Å². The second-order valence-electron chi connectivity index (χ2n) is 5.21. The van der Waals surface area contributed by atoms with E-state index in [9.17, 15) is 4.79 Å². The average molecular weight is 327 g/mol. The number of aryl methyl sites for hydroxylation is 1. The predicted octanol–water partition coefficient (Wildman–Crippen LogP) is 2.94. The van der Waals surface area contributed by atoms with Gasteiger partial charge in [0.15, 0.2) is 0 Å². The van der Waals surface area contributed by atoms with E-state index in [0.717, 1.165) is 31.4 Å². The van der Waals surface area contributed by atoms with E-state index in [0.29, 0.717) is 34.5 Å². The number of likely N-dealkylation sites (tertiary alicyclic amines) is 1. The first-order valence-electron chi connectivity index (χ1n) is 6.95. The molecule has 1 aliphatic rings. The fourth-order valence-corrected chi connectivity index (χ4v) is 3.02. The molecule has 1 aromatic carbocycles. The van der Waals surface area contributed by atoms with Crippen molar-refractivity contribution in [3.05, 3.63) is 22.2 Å². The Labute approximate surface area is 132 Å². The minimum Gasteiger partial charge on any atom is -0.369 e. The highest BCUT2D eigenvalue weighted by Crippen LogP contribution is 2.29. The van der Waals surface area contributed by atoms with Crippen LogP contribution >= 0.6 is 23.2 Å². The maximum atomic E-state index is 12.1. The molecule has 1 aliphatic heterocycles. The van der Waals surface area contributed by atoms with Crippen molar-refractivity contribution in [2.75, 3.05) is 18.8 Å². The summed E-state index contributed by atoms with van der Waals surface area (Å²) in [5.41, 5.74) is 7.43. The molecule has 112 valence electrons. The Balaban J connectivity index is 1.81. The Kier molecular flexibility index (Phi) is 3.95. The number of nitrogens with zero attached hydrogens (tertiary/aromatic N) is 3. The zero-order chi connectivity index (χ0) is 15.0. The number of carbonyl (C=O) groups is 1. The molecule has 0 atom stereocenters. The largest absolute Gasteiger partial charge is 0.369 e. The minimum atomic E-state index is 0.161. The quantitative estimate of drug-likeness (QED) is 0.943. The van der Waals surface area contributed by atoms with Crippen molar-refractivity contribution >= 4 is 46.1 Å². The molecule has 1 saturated heterocycles. The summed E-state index contributed by atoms with van der Waals surface area (Å²) < 4.78 is 1.81. The molecule has 3 rings (SSSR count). The lowest BCUT2D eigenvalue weighted by atomic mass is 10.3. The molecule has 0 aliphatic carbocycles. The molecule has 5 nitrogen and oxygen atoms in total. The van der Waals surface area contributed by atoms with Crippen molar-refractivity contribution in [2.24, 2.45) is 0 Å². The molecule has 0 spiro atoms. The first-order chi connectivity index (χ1) is 10.1. The van der Waals surface area contributed by atoms with Crippen molar-refractivity contribution in [3.63, 3.8) is 0 Å². The van der Waals surface area contributed by atoms with Gasteiger partial charge in [0, 0.05) is 26.1 Å². The summed E-state index contributed by atoms with van der Waals surface area (Å²) in [7, 11) is 0. The lowest BCUT2D eigenvalue weighted by molar-refractivity contribution is -0.130. The Bertz CT molecular complexity index is 692. The van der Waals surface area contributed by atoms with Crippen LogP contribution in [0.3, 0.4) is 0 Å². The van der Waals surface area contributed by atoms with E-state index in [2.05, 4.69) is 4.98 Å². The summed E-state index contributed by atoms with van der Waals surface area (Å²) >= 11 is 12.0. The van der Waals surface area contributed by atoms with Crippen LogP contribution in [0.4, 0.5) is 5.95 Å². The summed E-state index contributed by atoms with van der Waals surface area (Å²) in [4.78, 5) is 18.3. The molecule has 7 heteroatoms. The lowest BCUT2D eigenvalue weighted by Gasteiger charge is -2.15. The molecule has 0 saturated carbocycles. The van der Waals surface area contributed by atoms with Gasteiger partial charge in [0.1, 0.15) is 0 Å². The fourth-order valence-electron chi connectivity index (χ4n) is 2.71. The Hall–Kier alpha value is -1.46. The van der Waals surface area contributed by atoms with Gasteiger partial charge in [-0.15, -0.1) is 0 Å². The van der Waals surface area contributed by atoms with E-state index in [1.54, 1.807) is 12.1 Å². The van der Waals surface area contributed by atoms with Crippen molar-refractivity contribution < 1.29 is 4.79 Å². The molecule has 21 heavy (non-hydrogen) atoms. The first kappa shape index (κ1) is 14.5. The third-order valence-electron chi connectivity index (χ3n) is 3.83. The maximum absolute atomic E-state index is 12.1. The zero-order valence-electron chi connectivity index (χ0n) is 11.5. The topological polar surface area (TPSA) is 64.1 Å². The van der Waals surface area contributed by atoms with Gasteiger partial charge in [-0.25, -0.2) is 4.98 Å². The number of fused-ring (bicyclic) bond motifs is 1. The smallest absolute Gasteiger partial charge is 0.224 e. The van der Waals surface area contributed by atoms with Crippen molar-refractivity contribution in [2.45, 2.75) is 25.8 Å². The highest BCUT2D eigenvalue weighted by atomic mass is 35.5.